The van der Waals surface area contributed by atoms with Crippen LogP contribution in [0.4, 0.5) is 5.95 Å². The summed E-state index contributed by atoms with van der Waals surface area (Å²) < 4.78 is 5.10. The summed E-state index contributed by atoms with van der Waals surface area (Å²) in [6, 6.07) is 10.2. The number of aromatic nitrogens is 2. The Balaban J connectivity index is 1.85. The number of ether oxygens (including phenoxy) is 1. The van der Waals surface area contributed by atoms with Gasteiger partial charge in [-0.2, -0.15) is 0 Å². The molecule has 5 nitrogen and oxygen atoms in total. The molecule has 2 aromatic heterocycles. The van der Waals surface area contributed by atoms with Crippen LogP contribution in [0.3, 0.4) is 0 Å². The van der Waals surface area contributed by atoms with E-state index in [1.807, 2.05) is 30.0 Å². The first-order valence-electron chi connectivity index (χ1n) is 7.63. The SMILES string of the molecule is CCOC(=O)c1cc2c(C3CSc4ccccc43)nc(N)nc2s1. The molecule has 0 spiro atoms. The van der Waals surface area contributed by atoms with Gasteiger partial charge in [0, 0.05) is 22.0 Å². The topological polar surface area (TPSA) is 78.1 Å². The van der Waals surface area contributed by atoms with Crippen molar-refractivity contribution in [2.45, 2.75) is 17.7 Å². The molecule has 2 N–H and O–H groups in total. The van der Waals surface area contributed by atoms with Gasteiger partial charge in [0.2, 0.25) is 5.95 Å². The lowest BCUT2D eigenvalue weighted by Gasteiger charge is -2.11. The predicted octanol–water partition coefficient (Wildman–Crippen LogP) is 3.69. The molecule has 7 heteroatoms. The number of nitrogens with zero attached hydrogens (tertiary/aromatic N) is 2. The van der Waals surface area contributed by atoms with E-state index in [0.29, 0.717) is 11.5 Å². The summed E-state index contributed by atoms with van der Waals surface area (Å²) in [6.07, 6.45) is 0. The molecule has 1 atom stereocenters. The zero-order chi connectivity index (χ0) is 16.7. The Morgan fingerprint density at radius 2 is 2.21 bits per heavy atom. The number of benzene rings is 1. The van der Waals surface area contributed by atoms with Crippen molar-refractivity contribution in [3.05, 3.63) is 46.5 Å². The second-order valence-electron chi connectivity index (χ2n) is 5.42. The Morgan fingerprint density at radius 3 is 3.04 bits per heavy atom. The molecule has 0 bridgehead atoms. The Morgan fingerprint density at radius 1 is 1.38 bits per heavy atom. The van der Waals surface area contributed by atoms with Crippen molar-refractivity contribution < 1.29 is 9.53 Å². The van der Waals surface area contributed by atoms with Gasteiger partial charge in [0.15, 0.2) is 0 Å². The normalized spacial score (nSPS) is 16.3. The fraction of sp³-hybridized carbons (Fsp3) is 0.235. The van der Waals surface area contributed by atoms with E-state index in [9.17, 15) is 4.79 Å². The van der Waals surface area contributed by atoms with Crippen molar-refractivity contribution in [2.24, 2.45) is 0 Å². The second kappa shape index (κ2) is 6.07. The van der Waals surface area contributed by atoms with E-state index < -0.39 is 0 Å². The molecule has 3 aromatic rings. The third-order valence-electron chi connectivity index (χ3n) is 3.95. The smallest absolute Gasteiger partial charge is 0.348 e. The number of anilines is 1. The first-order valence-corrected chi connectivity index (χ1v) is 9.43. The summed E-state index contributed by atoms with van der Waals surface area (Å²) >= 11 is 3.12. The number of thiophene rings is 1. The number of hydrogen-bond acceptors (Lipinski definition) is 7. The van der Waals surface area contributed by atoms with Crippen LogP contribution in [0.5, 0.6) is 0 Å². The number of esters is 1. The van der Waals surface area contributed by atoms with Gasteiger partial charge in [-0.3, -0.25) is 0 Å². The van der Waals surface area contributed by atoms with Crippen LogP contribution >= 0.6 is 23.1 Å². The highest BCUT2D eigenvalue weighted by atomic mass is 32.2. The fourth-order valence-corrected chi connectivity index (χ4v) is 5.09. The van der Waals surface area contributed by atoms with Crippen molar-refractivity contribution in [3.63, 3.8) is 0 Å². The number of hydrogen-bond donors (Lipinski definition) is 1. The highest BCUT2D eigenvalue weighted by molar-refractivity contribution is 7.99. The lowest BCUT2D eigenvalue weighted by atomic mass is 9.96. The maximum atomic E-state index is 12.0. The molecule has 1 unspecified atom stereocenters. The largest absolute Gasteiger partial charge is 0.462 e. The van der Waals surface area contributed by atoms with Crippen LogP contribution in [0.25, 0.3) is 10.2 Å². The molecule has 3 heterocycles. The maximum Gasteiger partial charge on any atom is 0.348 e. The number of carbonyl (C=O) groups is 1. The average molecular weight is 357 g/mol. The number of thioether (sulfide) groups is 1. The molecule has 0 fully saturated rings. The summed E-state index contributed by atoms with van der Waals surface area (Å²) in [7, 11) is 0. The minimum absolute atomic E-state index is 0.156. The van der Waals surface area contributed by atoms with Gasteiger partial charge in [0.1, 0.15) is 9.71 Å². The molecule has 0 saturated carbocycles. The molecule has 4 rings (SSSR count). The standard InChI is InChI=1S/C17H15N3O2S2/c1-2-22-16(21)13-7-10-14(19-17(18)20-15(10)24-13)11-8-23-12-6-4-3-5-9(11)12/h3-7,11H,2,8H2,1H3,(H2,18,19,20). The third-order valence-corrected chi connectivity index (χ3v) is 6.14. The van der Waals surface area contributed by atoms with Crippen LogP contribution in [0.2, 0.25) is 0 Å². The quantitative estimate of drug-likeness (QED) is 0.720. The fourth-order valence-electron chi connectivity index (χ4n) is 2.92. The van der Waals surface area contributed by atoms with E-state index in [-0.39, 0.29) is 17.8 Å². The molecular formula is C17H15N3O2S2. The first-order chi connectivity index (χ1) is 11.7. The number of rotatable bonds is 3. The highest BCUT2D eigenvalue weighted by Gasteiger charge is 2.28. The summed E-state index contributed by atoms with van der Waals surface area (Å²) in [5, 5.41) is 0.888. The van der Waals surface area contributed by atoms with E-state index in [0.717, 1.165) is 21.7 Å². The number of nitrogen functional groups attached to an aromatic ring is 1. The van der Waals surface area contributed by atoms with Gasteiger partial charge in [-0.25, -0.2) is 14.8 Å². The van der Waals surface area contributed by atoms with Gasteiger partial charge < -0.3 is 10.5 Å². The Hall–Kier alpha value is -2.12. The highest BCUT2D eigenvalue weighted by Crippen LogP contribution is 2.44. The van der Waals surface area contributed by atoms with Gasteiger partial charge >= 0.3 is 5.97 Å². The minimum atomic E-state index is -0.328. The molecule has 122 valence electrons. The zero-order valence-electron chi connectivity index (χ0n) is 13.0. The molecule has 1 aliphatic rings. The van der Waals surface area contributed by atoms with E-state index in [2.05, 4.69) is 22.1 Å². The van der Waals surface area contributed by atoms with Gasteiger partial charge in [-0.05, 0) is 24.6 Å². The number of fused-ring (bicyclic) bond motifs is 2. The Labute approximate surface area is 147 Å². The summed E-state index contributed by atoms with van der Waals surface area (Å²) in [6.45, 7) is 2.14. The van der Waals surface area contributed by atoms with Crippen LogP contribution in [0.15, 0.2) is 35.2 Å². The summed E-state index contributed by atoms with van der Waals surface area (Å²) in [4.78, 5) is 23.4. The van der Waals surface area contributed by atoms with Crippen molar-refractivity contribution in [3.8, 4) is 0 Å². The van der Waals surface area contributed by atoms with Gasteiger partial charge in [-0.1, -0.05) is 18.2 Å². The minimum Gasteiger partial charge on any atom is -0.462 e. The van der Waals surface area contributed by atoms with E-state index in [1.165, 1.54) is 21.8 Å². The molecule has 1 aliphatic heterocycles. The van der Waals surface area contributed by atoms with Crippen molar-refractivity contribution in [1.82, 2.24) is 9.97 Å². The molecule has 0 saturated heterocycles. The van der Waals surface area contributed by atoms with Crippen molar-refractivity contribution >= 4 is 45.2 Å². The van der Waals surface area contributed by atoms with E-state index in [4.69, 9.17) is 10.5 Å². The molecule has 0 amide bonds. The monoisotopic (exact) mass is 357 g/mol. The molecular weight excluding hydrogens is 342 g/mol. The van der Waals surface area contributed by atoms with Crippen molar-refractivity contribution in [2.75, 3.05) is 18.1 Å². The molecule has 24 heavy (non-hydrogen) atoms. The van der Waals surface area contributed by atoms with Crippen LogP contribution in [-0.4, -0.2) is 28.3 Å². The van der Waals surface area contributed by atoms with Gasteiger partial charge in [0.25, 0.3) is 0 Å². The maximum absolute atomic E-state index is 12.0. The predicted molar refractivity (Wildman–Crippen MR) is 96.8 cm³/mol. The molecule has 0 aliphatic carbocycles. The van der Waals surface area contributed by atoms with E-state index >= 15 is 0 Å². The van der Waals surface area contributed by atoms with Gasteiger partial charge in [-0.15, -0.1) is 23.1 Å². The average Bonchev–Trinajstić information content (AvgIpc) is 3.18. The second-order valence-corrected chi connectivity index (χ2v) is 7.51. The summed E-state index contributed by atoms with van der Waals surface area (Å²) in [5.74, 6) is 0.981. The first kappa shape index (κ1) is 15.4. The zero-order valence-corrected chi connectivity index (χ0v) is 14.6. The van der Waals surface area contributed by atoms with Crippen LogP contribution in [0, 0.1) is 0 Å². The van der Waals surface area contributed by atoms with Crippen LogP contribution in [0.1, 0.15) is 33.8 Å². The Bertz CT molecular complexity index is 939. The lowest BCUT2D eigenvalue weighted by molar-refractivity contribution is 0.0532. The van der Waals surface area contributed by atoms with Crippen LogP contribution < -0.4 is 5.73 Å². The third kappa shape index (κ3) is 2.53. The van der Waals surface area contributed by atoms with E-state index in [1.54, 1.807) is 6.92 Å². The molecule has 0 radical (unpaired) electrons. The Kier molecular flexibility index (Phi) is 3.90. The lowest BCUT2D eigenvalue weighted by Crippen LogP contribution is -2.06. The number of nitrogens with two attached hydrogens (primary N) is 1. The van der Waals surface area contributed by atoms with Crippen LogP contribution in [-0.2, 0) is 4.74 Å². The summed E-state index contributed by atoms with van der Waals surface area (Å²) in [5.41, 5.74) is 8.06. The van der Waals surface area contributed by atoms with Gasteiger partial charge in [0.05, 0.1) is 12.3 Å². The van der Waals surface area contributed by atoms with Crippen molar-refractivity contribution in [1.29, 1.82) is 0 Å². The molecule has 1 aromatic carbocycles. The number of carbonyl (C=O) groups excluding carboxylic acids is 1.